The van der Waals surface area contributed by atoms with Gasteiger partial charge in [-0.1, -0.05) is 36.8 Å². The number of hydrogen-bond donors (Lipinski definition) is 0. The van der Waals surface area contributed by atoms with E-state index in [1.54, 1.807) is 6.20 Å². The van der Waals surface area contributed by atoms with Gasteiger partial charge in [-0.15, -0.1) is 0 Å². The molecule has 160 valence electrons. The molecule has 3 aliphatic rings. The van der Waals surface area contributed by atoms with Gasteiger partial charge in [0.05, 0.1) is 16.7 Å². The van der Waals surface area contributed by atoms with Crippen molar-refractivity contribution in [1.29, 1.82) is 0 Å². The maximum absolute atomic E-state index is 13.0. The van der Waals surface area contributed by atoms with E-state index >= 15 is 0 Å². The largest absolute Gasteiger partial charge is 0.341 e. The maximum atomic E-state index is 13.0. The Morgan fingerprint density at radius 1 is 1.20 bits per heavy atom. The summed E-state index contributed by atoms with van der Waals surface area (Å²) in [5.41, 5.74) is 4.22. The molecule has 1 unspecified atom stereocenters. The van der Waals surface area contributed by atoms with Gasteiger partial charge in [0.15, 0.2) is 9.84 Å². The van der Waals surface area contributed by atoms with Crippen molar-refractivity contribution in [2.45, 2.75) is 50.2 Å². The highest BCUT2D eigenvalue weighted by molar-refractivity contribution is 7.91. The normalized spacial score (nSPS) is 28.2. The average Bonchev–Trinajstić information content (AvgIpc) is 3.13. The van der Waals surface area contributed by atoms with Crippen LogP contribution in [0.4, 0.5) is 5.95 Å². The quantitative estimate of drug-likeness (QED) is 0.752. The summed E-state index contributed by atoms with van der Waals surface area (Å²) in [6.45, 7) is 8.42. The number of likely N-dealkylation sites (tertiary alicyclic amines) is 1. The predicted molar refractivity (Wildman–Crippen MR) is 118 cm³/mol. The molecule has 6 nitrogen and oxygen atoms in total. The van der Waals surface area contributed by atoms with Gasteiger partial charge in [-0.25, -0.2) is 18.4 Å². The van der Waals surface area contributed by atoms with Crippen LogP contribution in [0.5, 0.6) is 0 Å². The zero-order valence-corrected chi connectivity index (χ0v) is 18.6. The lowest BCUT2D eigenvalue weighted by molar-refractivity contribution is 0.326. The highest BCUT2D eigenvalue weighted by Gasteiger charge is 2.47. The van der Waals surface area contributed by atoms with Crippen molar-refractivity contribution >= 4 is 15.8 Å². The minimum absolute atomic E-state index is 0.0625. The fraction of sp³-hybridized carbons (Fsp3) is 0.565. The molecule has 3 aliphatic heterocycles. The first kappa shape index (κ1) is 19.9. The van der Waals surface area contributed by atoms with Crippen LogP contribution in [0.1, 0.15) is 48.1 Å². The van der Waals surface area contributed by atoms with E-state index < -0.39 is 9.84 Å². The SMILES string of the molecule is Cc1cccc(CN2C[C@H]3c4nc(N5CCCC(C)C5)ncc4CS(=O)(=O)[C@H]3C2)c1. The molecule has 0 amide bonds. The number of piperidine rings is 1. The zero-order chi connectivity index (χ0) is 20.9. The second-order valence-corrected chi connectivity index (χ2v) is 11.6. The fourth-order valence-corrected chi connectivity index (χ4v) is 7.39. The van der Waals surface area contributed by atoms with Crippen molar-refractivity contribution in [3.63, 3.8) is 0 Å². The first-order chi connectivity index (χ1) is 14.4. The molecule has 1 aromatic carbocycles. The minimum Gasteiger partial charge on any atom is -0.341 e. The monoisotopic (exact) mass is 426 g/mol. The molecule has 1 aromatic heterocycles. The number of anilines is 1. The third kappa shape index (κ3) is 3.73. The summed E-state index contributed by atoms with van der Waals surface area (Å²) in [6, 6.07) is 8.46. The molecular formula is C23H30N4O2S. The van der Waals surface area contributed by atoms with Crippen molar-refractivity contribution in [3.8, 4) is 0 Å². The van der Waals surface area contributed by atoms with E-state index in [1.165, 1.54) is 17.5 Å². The summed E-state index contributed by atoms with van der Waals surface area (Å²) < 4.78 is 26.0. The van der Waals surface area contributed by atoms with Gasteiger partial charge in [-0.05, 0) is 31.2 Å². The zero-order valence-electron chi connectivity index (χ0n) is 17.8. The lowest BCUT2D eigenvalue weighted by Crippen LogP contribution is -2.38. The third-order valence-electron chi connectivity index (χ3n) is 6.82. The molecule has 0 bridgehead atoms. The van der Waals surface area contributed by atoms with Crippen LogP contribution in [0.3, 0.4) is 0 Å². The molecule has 5 rings (SSSR count). The van der Waals surface area contributed by atoms with Crippen LogP contribution in [0.25, 0.3) is 0 Å². The van der Waals surface area contributed by atoms with Crippen molar-refractivity contribution in [2.75, 3.05) is 31.1 Å². The third-order valence-corrected chi connectivity index (χ3v) is 8.94. The number of nitrogens with zero attached hydrogens (tertiary/aromatic N) is 4. The van der Waals surface area contributed by atoms with E-state index in [-0.39, 0.29) is 16.9 Å². The van der Waals surface area contributed by atoms with E-state index in [2.05, 4.69) is 52.9 Å². The fourth-order valence-electron chi connectivity index (χ4n) is 5.37. The van der Waals surface area contributed by atoms with E-state index in [4.69, 9.17) is 4.98 Å². The molecule has 0 aliphatic carbocycles. The molecule has 0 spiro atoms. The Labute approximate surface area is 179 Å². The van der Waals surface area contributed by atoms with Crippen LogP contribution in [0, 0.1) is 12.8 Å². The average molecular weight is 427 g/mol. The van der Waals surface area contributed by atoms with E-state index in [0.29, 0.717) is 12.5 Å². The van der Waals surface area contributed by atoms with Gasteiger partial charge < -0.3 is 4.90 Å². The molecule has 3 atom stereocenters. The number of hydrogen-bond acceptors (Lipinski definition) is 6. The summed E-state index contributed by atoms with van der Waals surface area (Å²) in [5, 5.41) is -0.363. The second-order valence-electron chi connectivity index (χ2n) is 9.41. The highest BCUT2D eigenvalue weighted by Crippen LogP contribution is 2.40. The molecule has 30 heavy (non-hydrogen) atoms. The second kappa shape index (κ2) is 7.61. The number of benzene rings is 1. The van der Waals surface area contributed by atoms with Crippen LogP contribution in [-0.2, 0) is 22.1 Å². The van der Waals surface area contributed by atoms with Crippen molar-refractivity contribution < 1.29 is 8.42 Å². The number of fused-ring (bicyclic) bond motifs is 3. The van der Waals surface area contributed by atoms with Gasteiger partial charge in [-0.2, -0.15) is 0 Å². The summed E-state index contributed by atoms with van der Waals surface area (Å²) in [4.78, 5) is 14.1. The molecule has 2 fully saturated rings. The Balaban J connectivity index is 1.43. The first-order valence-electron chi connectivity index (χ1n) is 11.0. The molecule has 2 aromatic rings. The Morgan fingerprint density at radius 2 is 2.07 bits per heavy atom. The minimum atomic E-state index is -3.19. The lowest BCUT2D eigenvalue weighted by Gasteiger charge is -2.32. The summed E-state index contributed by atoms with van der Waals surface area (Å²) in [5.74, 6) is 1.42. The summed E-state index contributed by atoms with van der Waals surface area (Å²) in [6.07, 6.45) is 4.18. The molecule has 0 saturated carbocycles. The number of aromatic nitrogens is 2. The van der Waals surface area contributed by atoms with Crippen molar-refractivity contribution in [3.05, 3.63) is 52.8 Å². The van der Waals surface area contributed by atoms with Gasteiger partial charge in [0.2, 0.25) is 5.95 Å². The molecule has 4 heterocycles. The van der Waals surface area contributed by atoms with E-state index in [9.17, 15) is 8.42 Å². The van der Waals surface area contributed by atoms with Crippen LogP contribution in [0.2, 0.25) is 0 Å². The predicted octanol–water partition coefficient (Wildman–Crippen LogP) is 2.92. The number of aryl methyl sites for hydroxylation is 1. The molecule has 2 saturated heterocycles. The molecule has 7 heteroatoms. The molecular weight excluding hydrogens is 396 g/mol. The maximum Gasteiger partial charge on any atom is 0.225 e. The van der Waals surface area contributed by atoms with Crippen molar-refractivity contribution in [1.82, 2.24) is 14.9 Å². The van der Waals surface area contributed by atoms with Gasteiger partial charge in [0, 0.05) is 50.4 Å². The Hall–Kier alpha value is -1.99. The standard InChI is InChI=1S/C23H30N4O2S/c1-16-5-3-7-18(9-16)12-26-13-20-21(14-26)30(28,29)15-19-10-24-23(25-22(19)20)27-8-4-6-17(2)11-27/h3,5,7,9-10,17,20-21H,4,6,8,11-15H2,1-2H3/t17?,20-,21+/m1/s1. The highest BCUT2D eigenvalue weighted by atomic mass is 32.2. The van der Waals surface area contributed by atoms with Gasteiger partial charge >= 0.3 is 0 Å². The molecule has 0 N–H and O–H groups in total. The van der Waals surface area contributed by atoms with Crippen LogP contribution < -0.4 is 4.90 Å². The smallest absolute Gasteiger partial charge is 0.225 e. The summed E-state index contributed by atoms with van der Waals surface area (Å²) >= 11 is 0. The number of rotatable bonds is 3. The Morgan fingerprint density at radius 3 is 2.87 bits per heavy atom. The van der Waals surface area contributed by atoms with Crippen LogP contribution >= 0.6 is 0 Å². The van der Waals surface area contributed by atoms with Gasteiger partial charge in [0.1, 0.15) is 0 Å². The van der Waals surface area contributed by atoms with Crippen molar-refractivity contribution in [2.24, 2.45) is 5.92 Å². The van der Waals surface area contributed by atoms with Gasteiger partial charge in [-0.3, -0.25) is 4.90 Å². The van der Waals surface area contributed by atoms with Crippen LogP contribution in [0.15, 0.2) is 30.5 Å². The lowest BCUT2D eigenvalue weighted by atomic mass is 9.99. The van der Waals surface area contributed by atoms with E-state index in [0.717, 1.165) is 49.8 Å². The van der Waals surface area contributed by atoms with Crippen LogP contribution in [-0.4, -0.2) is 54.7 Å². The topological polar surface area (TPSA) is 66.4 Å². The first-order valence-corrected chi connectivity index (χ1v) is 12.7. The number of sulfone groups is 1. The Bertz CT molecular complexity index is 1050. The van der Waals surface area contributed by atoms with Gasteiger partial charge in [0.25, 0.3) is 0 Å². The molecule has 0 radical (unpaired) electrons. The Kier molecular flexibility index (Phi) is 5.06. The summed E-state index contributed by atoms with van der Waals surface area (Å²) in [7, 11) is -3.19. The van der Waals surface area contributed by atoms with E-state index in [1.807, 2.05) is 0 Å².